The van der Waals surface area contributed by atoms with Crippen molar-refractivity contribution in [3.05, 3.63) is 56.7 Å². The predicted octanol–water partition coefficient (Wildman–Crippen LogP) is 5.35. The lowest BCUT2D eigenvalue weighted by atomic mass is 10.1. The molecule has 0 fully saturated rings. The van der Waals surface area contributed by atoms with E-state index in [4.69, 9.17) is 4.74 Å². The number of rotatable bonds is 3. The summed E-state index contributed by atoms with van der Waals surface area (Å²) in [5, 5.41) is 0. The largest absolute Gasteiger partial charge is 0.457 e. The molecule has 98 valence electrons. The van der Waals surface area contributed by atoms with E-state index in [1.807, 2.05) is 0 Å². The first-order valence-corrected chi connectivity index (χ1v) is 6.99. The highest BCUT2D eigenvalue weighted by atomic mass is 79.9. The third kappa shape index (κ3) is 3.42. The Morgan fingerprint density at radius 3 is 2.26 bits per heavy atom. The van der Waals surface area contributed by atoms with Crippen molar-refractivity contribution in [2.24, 2.45) is 0 Å². The van der Waals surface area contributed by atoms with Crippen LogP contribution >= 0.6 is 31.9 Å². The number of ketones is 1. The number of ether oxygens (including phenoxy) is 1. The first-order chi connectivity index (χ1) is 8.97. The molecule has 0 saturated carbocycles. The van der Waals surface area contributed by atoms with Crippen molar-refractivity contribution in [2.45, 2.75) is 6.92 Å². The van der Waals surface area contributed by atoms with Gasteiger partial charge >= 0.3 is 0 Å². The summed E-state index contributed by atoms with van der Waals surface area (Å²) in [4.78, 5) is 11.3. The average Bonchev–Trinajstić information content (AvgIpc) is 2.33. The van der Waals surface area contributed by atoms with Gasteiger partial charge in [-0.25, -0.2) is 4.39 Å². The Labute approximate surface area is 126 Å². The molecule has 2 aromatic carbocycles. The van der Waals surface area contributed by atoms with Crippen LogP contribution in [-0.2, 0) is 0 Å². The van der Waals surface area contributed by atoms with Crippen LogP contribution in [0.4, 0.5) is 4.39 Å². The summed E-state index contributed by atoms with van der Waals surface area (Å²) in [6.07, 6.45) is 0. The highest BCUT2D eigenvalue weighted by Gasteiger charge is 2.08. The molecule has 0 spiro atoms. The van der Waals surface area contributed by atoms with E-state index in [1.165, 1.54) is 13.0 Å². The van der Waals surface area contributed by atoms with E-state index < -0.39 is 5.82 Å². The Hall–Kier alpha value is -1.20. The Bertz CT molecular complexity index is 641. The smallest absolute Gasteiger partial charge is 0.160 e. The van der Waals surface area contributed by atoms with E-state index in [-0.39, 0.29) is 5.78 Å². The molecule has 0 radical (unpaired) electrons. The second-order valence-electron chi connectivity index (χ2n) is 3.88. The first-order valence-electron chi connectivity index (χ1n) is 5.41. The molecule has 0 bridgehead atoms. The van der Waals surface area contributed by atoms with Crippen LogP contribution in [0.1, 0.15) is 17.3 Å². The summed E-state index contributed by atoms with van der Waals surface area (Å²) >= 11 is 6.38. The van der Waals surface area contributed by atoms with Crippen molar-refractivity contribution in [3.8, 4) is 11.5 Å². The van der Waals surface area contributed by atoms with Crippen LogP contribution in [0.25, 0.3) is 0 Å². The predicted molar refractivity (Wildman–Crippen MR) is 78.3 cm³/mol. The van der Waals surface area contributed by atoms with Crippen molar-refractivity contribution >= 4 is 37.6 Å². The molecule has 0 unspecified atom stereocenters. The van der Waals surface area contributed by atoms with Crippen LogP contribution in [0, 0.1) is 5.82 Å². The van der Waals surface area contributed by atoms with Gasteiger partial charge in [-0.05, 0) is 69.1 Å². The van der Waals surface area contributed by atoms with Crippen LogP contribution in [0.15, 0.2) is 45.3 Å². The van der Waals surface area contributed by atoms with Crippen LogP contribution in [-0.4, -0.2) is 5.78 Å². The monoisotopic (exact) mass is 386 g/mol. The number of carbonyl (C=O) groups is 1. The molecule has 0 aliphatic heterocycles. The van der Waals surface area contributed by atoms with Crippen molar-refractivity contribution in [1.29, 1.82) is 0 Å². The summed E-state index contributed by atoms with van der Waals surface area (Å²) in [6.45, 7) is 1.49. The minimum Gasteiger partial charge on any atom is -0.457 e. The molecular weight excluding hydrogens is 379 g/mol. The van der Waals surface area contributed by atoms with Crippen LogP contribution in [0.3, 0.4) is 0 Å². The molecule has 0 heterocycles. The molecule has 0 aliphatic rings. The van der Waals surface area contributed by atoms with Gasteiger partial charge in [0, 0.05) is 16.1 Å². The maximum atomic E-state index is 13.4. The van der Waals surface area contributed by atoms with Gasteiger partial charge in [-0.2, -0.15) is 0 Å². The van der Waals surface area contributed by atoms with Crippen molar-refractivity contribution in [3.63, 3.8) is 0 Å². The Morgan fingerprint density at radius 1 is 1.05 bits per heavy atom. The fourth-order valence-corrected chi connectivity index (χ4v) is 2.40. The van der Waals surface area contributed by atoms with Crippen LogP contribution in [0.5, 0.6) is 11.5 Å². The fourth-order valence-electron chi connectivity index (χ4n) is 1.52. The first kappa shape index (κ1) is 14.2. The molecule has 5 heteroatoms. The quantitative estimate of drug-likeness (QED) is 0.664. The zero-order valence-corrected chi connectivity index (χ0v) is 13.1. The Balaban J connectivity index is 2.26. The number of benzene rings is 2. The number of halogens is 3. The second kappa shape index (κ2) is 5.84. The Kier molecular flexibility index (Phi) is 4.37. The number of hydrogen-bond donors (Lipinski definition) is 0. The van der Waals surface area contributed by atoms with Gasteiger partial charge in [0.1, 0.15) is 17.3 Å². The molecule has 0 aliphatic carbocycles. The van der Waals surface area contributed by atoms with Gasteiger partial charge in [0.25, 0.3) is 0 Å². The van der Waals surface area contributed by atoms with Gasteiger partial charge in [-0.1, -0.05) is 0 Å². The molecule has 0 amide bonds. The van der Waals surface area contributed by atoms with E-state index in [2.05, 4.69) is 31.9 Å². The van der Waals surface area contributed by atoms with Crippen molar-refractivity contribution < 1.29 is 13.9 Å². The Morgan fingerprint density at radius 2 is 1.68 bits per heavy atom. The summed E-state index contributed by atoms with van der Waals surface area (Å²) in [6, 6.07) is 9.52. The van der Waals surface area contributed by atoms with Gasteiger partial charge in [0.15, 0.2) is 5.78 Å². The van der Waals surface area contributed by atoms with Gasteiger partial charge < -0.3 is 4.74 Å². The molecule has 0 aromatic heterocycles. The molecule has 0 atom stereocenters. The molecule has 0 N–H and O–H groups in total. The highest BCUT2D eigenvalue weighted by molar-refractivity contribution is 9.10. The third-order valence-corrected chi connectivity index (χ3v) is 3.75. The van der Waals surface area contributed by atoms with Gasteiger partial charge in [0.05, 0.1) is 4.47 Å². The number of carbonyl (C=O) groups excluding carboxylic acids is 1. The van der Waals surface area contributed by atoms with Gasteiger partial charge in [0.2, 0.25) is 0 Å². The zero-order valence-electron chi connectivity index (χ0n) is 9.91. The van der Waals surface area contributed by atoms with E-state index in [0.717, 1.165) is 0 Å². The maximum Gasteiger partial charge on any atom is 0.160 e. The number of Topliss-reactive ketones (excluding diaryl/α,β-unsaturated/α-hetero) is 1. The SMILES string of the molecule is CC(=O)c1ccc(Oc2ccc(Br)c(F)c2)cc1Br. The van der Waals surface area contributed by atoms with Crippen LogP contribution < -0.4 is 4.74 Å². The standard InChI is InChI=1S/C14H9Br2FO2/c1-8(18)11-4-2-9(6-13(11)16)19-10-3-5-12(15)14(17)7-10/h2-7H,1H3. The normalized spacial score (nSPS) is 10.3. The van der Waals surface area contributed by atoms with E-state index in [9.17, 15) is 9.18 Å². The molecule has 0 saturated heterocycles. The summed E-state index contributed by atoms with van der Waals surface area (Å²) in [5.41, 5.74) is 0.578. The summed E-state index contributed by atoms with van der Waals surface area (Å²) < 4.78 is 19.9. The highest BCUT2D eigenvalue weighted by Crippen LogP contribution is 2.29. The van der Waals surface area contributed by atoms with Crippen molar-refractivity contribution in [2.75, 3.05) is 0 Å². The zero-order chi connectivity index (χ0) is 14.0. The summed E-state index contributed by atoms with van der Waals surface area (Å²) in [7, 11) is 0. The lowest BCUT2D eigenvalue weighted by molar-refractivity contribution is 0.101. The maximum absolute atomic E-state index is 13.4. The number of hydrogen-bond acceptors (Lipinski definition) is 2. The fraction of sp³-hybridized carbons (Fsp3) is 0.0714. The molecule has 19 heavy (non-hydrogen) atoms. The molecule has 2 rings (SSSR count). The lowest BCUT2D eigenvalue weighted by Gasteiger charge is -2.08. The molecular formula is C14H9Br2FO2. The average molecular weight is 388 g/mol. The van der Waals surface area contributed by atoms with Gasteiger partial charge in [-0.3, -0.25) is 4.79 Å². The third-order valence-electron chi connectivity index (χ3n) is 2.45. The van der Waals surface area contributed by atoms with Crippen LogP contribution in [0.2, 0.25) is 0 Å². The minimum atomic E-state index is -0.392. The summed E-state index contributed by atoms with van der Waals surface area (Å²) in [5.74, 6) is 0.492. The topological polar surface area (TPSA) is 26.3 Å². The van der Waals surface area contributed by atoms with E-state index in [1.54, 1.807) is 30.3 Å². The lowest BCUT2D eigenvalue weighted by Crippen LogP contribution is -1.94. The van der Waals surface area contributed by atoms with E-state index in [0.29, 0.717) is 26.0 Å². The van der Waals surface area contributed by atoms with Gasteiger partial charge in [-0.15, -0.1) is 0 Å². The minimum absolute atomic E-state index is 0.0342. The molecule has 2 nitrogen and oxygen atoms in total. The van der Waals surface area contributed by atoms with Crippen molar-refractivity contribution in [1.82, 2.24) is 0 Å². The molecule has 2 aromatic rings. The van der Waals surface area contributed by atoms with E-state index >= 15 is 0 Å². The second-order valence-corrected chi connectivity index (χ2v) is 5.58.